The highest BCUT2D eigenvalue weighted by molar-refractivity contribution is 5.85. The summed E-state index contributed by atoms with van der Waals surface area (Å²) in [5.41, 5.74) is 0.813. The highest BCUT2D eigenvalue weighted by Crippen LogP contribution is 1.92. The quantitative estimate of drug-likeness (QED) is 0.708. The van der Waals surface area contributed by atoms with Gasteiger partial charge < -0.3 is 10.2 Å². The van der Waals surface area contributed by atoms with E-state index in [0.29, 0.717) is 11.1 Å². The molecular weight excluding hydrogens is 196 g/mol. The first kappa shape index (κ1) is 15.9. The normalized spacial score (nSPS) is 11.5. The van der Waals surface area contributed by atoms with Gasteiger partial charge in [-0.25, -0.2) is 9.59 Å². The first-order valence-corrected chi connectivity index (χ1v) is 4.63. The second-order valence-electron chi connectivity index (χ2n) is 2.88. The van der Waals surface area contributed by atoms with Crippen molar-refractivity contribution in [1.82, 2.24) is 0 Å². The number of aliphatic carboxylic acids is 2. The summed E-state index contributed by atoms with van der Waals surface area (Å²) in [5, 5.41) is 16.4. The fourth-order valence-electron chi connectivity index (χ4n) is 0.517. The van der Waals surface area contributed by atoms with Crippen molar-refractivity contribution in [2.45, 2.75) is 34.1 Å². The van der Waals surface area contributed by atoms with Gasteiger partial charge in [-0.2, -0.15) is 0 Å². The van der Waals surface area contributed by atoms with Crippen LogP contribution in [0, 0.1) is 0 Å². The van der Waals surface area contributed by atoms with Crippen molar-refractivity contribution in [1.29, 1.82) is 0 Å². The Balaban J connectivity index is 0. The molecular formula is C11H18O4. The van der Waals surface area contributed by atoms with Gasteiger partial charge in [0, 0.05) is 11.1 Å². The first-order valence-electron chi connectivity index (χ1n) is 4.63. The molecule has 0 spiro atoms. The zero-order valence-electron chi connectivity index (χ0n) is 9.57. The maximum atomic E-state index is 10.0. The Bertz CT molecular complexity index is 274. The third kappa shape index (κ3) is 10.3. The van der Waals surface area contributed by atoms with Gasteiger partial charge in [-0.1, -0.05) is 19.1 Å². The van der Waals surface area contributed by atoms with Crippen LogP contribution in [0.1, 0.15) is 34.1 Å². The average molecular weight is 214 g/mol. The number of carboxylic acid groups (broad SMARTS) is 2. The van der Waals surface area contributed by atoms with Crippen molar-refractivity contribution in [2.75, 3.05) is 0 Å². The summed E-state index contributed by atoms with van der Waals surface area (Å²) in [4.78, 5) is 19.9. The van der Waals surface area contributed by atoms with Crippen molar-refractivity contribution < 1.29 is 19.8 Å². The summed E-state index contributed by atoms with van der Waals surface area (Å²) in [6.07, 6.45) is 4.03. The molecule has 0 aliphatic carbocycles. The molecule has 0 aromatic rings. The minimum atomic E-state index is -0.845. The Labute approximate surface area is 89.9 Å². The van der Waals surface area contributed by atoms with Crippen LogP contribution in [0.25, 0.3) is 0 Å². The van der Waals surface area contributed by atoms with Gasteiger partial charge in [0.1, 0.15) is 0 Å². The highest BCUT2D eigenvalue weighted by atomic mass is 16.4. The lowest BCUT2D eigenvalue weighted by Crippen LogP contribution is -1.94. The van der Waals surface area contributed by atoms with Crippen LogP contribution in [0.3, 0.4) is 0 Å². The van der Waals surface area contributed by atoms with Crippen LogP contribution in [-0.2, 0) is 9.59 Å². The van der Waals surface area contributed by atoms with Crippen molar-refractivity contribution in [2.24, 2.45) is 0 Å². The zero-order valence-corrected chi connectivity index (χ0v) is 9.57. The number of carbonyl (C=O) groups is 2. The fraction of sp³-hybridized carbons (Fsp3) is 0.455. The Hall–Kier alpha value is -1.58. The van der Waals surface area contributed by atoms with E-state index in [9.17, 15) is 9.59 Å². The van der Waals surface area contributed by atoms with E-state index in [1.54, 1.807) is 32.9 Å². The van der Waals surface area contributed by atoms with Crippen molar-refractivity contribution in [3.05, 3.63) is 23.3 Å². The van der Waals surface area contributed by atoms with Gasteiger partial charge in [0.15, 0.2) is 0 Å². The van der Waals surface area contributed by atoms with E-state index in [-0.39, 0.29) is 0 Å². The molecule has 2 N–H and O–H groups in total. The number of carboxylic acids is 2. The summed E-state index contributed by atoms with van der Waals surface area (Å²) in [6.45, 7) is 6.75. The summed E-state index contributed by atoms with van der Waals surface area (Å²) < 4.78 is 0. The molecule has 0 atom stereocenters. The van der Waals surface area contributed by atoms with Gasteiger partial charge in [0.25, 0.3) is 0 Å². The van der Waals surface area contributed by atoms with Crippen LogP contribution in [0.2, 0.25) is 0 Å². The van der Waals surface area contributed by atoms with Gasteiger partial charge in [0.2, 0.25) is 0 Å². The lowest BCUT2D eigenvalue weighted by molar-refractivity contribution is -0.133. The van der Waals surface area contributed by atoms with E-state index < -0.39 is 11.9 Å². The van der Waals surface area contributed by atoms with Crippen LogP contribution < -0.4 is 0 Å². The SMILES string of the molecule is C/C=C(\C)C(=O)O.CC/C=C(\C)C(=O)O. The van der Waals surface area contributed by atoms with Gasteiger partial charge in [-0.15, -0.1) is 0 Å². The monoisotopic (exact) mass is 214 g/mol. The Morgan fingerprint density at radius 2 is 1.47 bits per heavy atom. The van der Waals surface area contributed by atoms with Gasteiger partial charge >= 0.3 is 11.9 Å². The fourth-order valence-corrected chi connectivity index (χ4v) is 0.517. The van der Waals surface area contributed by atoms with Crippen molar-refractivity contribution in [3.63, 3.8) is 0 Å². The molecule has 0 aliphatic rings. The van der Waals surface area contributed by atoms with Gasteiger partial charge in [-0.3, -0.25) is 0 Å². The molecule has 0 unspecified atom stereocenters. The average Bonchev–Trinajstić information content (AvgIpc) is 2.17. The number of hydrogen-bond donors (Lipinski definition) is 2. The highest BCUT2D eigenvalue weighted by Gasteiger charge is 1.95. The number of hydrogen-bond acceptors (Lipinski definition) is 2. The molecule has 86 valence electrons. The molecule has 0 saturated heterocycles. The molecule has 0 rings (SSSR count). The molecule has 0 radical (unpaired) electrons. The van der Waals surface area contributed by atoms with Crippen LogP contribution in [0.15, 0.2) is 23.3 Å². The predicted molar refractivity (Wildman–Crippen MR) is 58.8 cm³/mol. The summed E-state index contributed by atoms with van der Waals surface area (Å²) >= 11 is 0. The Morgan fingerprint density at radius 1 is 1.07 bits per heavy atom. The molecule has 0 amide bonds. The second kappa shape index (κ2) is 8.99. The van der Waals surface area contributed by atoms with E-state index in [4.69, 9.17) is 10.2 Å². The third-order valence-electron chi connectivity index (χ3n) is 1.62. The molecule has 15 heavy (non-hydrogen) atoms. The minimum absolute atomic E-state index is 0.389. The minimum Gasteiger partial charge on any atom is -0.478 e. The standard InChI is InChI=1S/C6H10O2.C5H8O2/c1-3-4-5(2)6(7)8;1-3-4(2)5(6)7/h4H,3H2,1-2H3,(H,7,8);3H,1-2H3,(H,6,7)/b5-4+;4-3+. The third-order valence-corrected chi connectivity index (χ3v) is 1.62. The van der Waals surface area contributed by atoms with Gasteiger partial charge in [0.05, 0.1) is 0 Å². The summed E-state index contributed by atoms with van der Waals surface area (Å²) in [5.74, 6) is -1.67. The van der Waals surface area contributed by atoms with E-state index in [0.717, 1.165) is 6.42 Å². The Kier molecular flexibility index (Phi) is 9.52. The number of allylic oxidation sites excluding steroid dienone is 2. The van der Waals surface area contributed by atoms with Crippen LogP contribution in [0.4, 0.5) is 0 Å². The summed E-state index contributed by atoms with van der Waals surface area (Å²) in [6, 6.07) is 0. The van der Waals surface area contributed by atoms with E-state index >= 15 is 0 Å². The topological polar surface area (TPSA) is 74.6 Å². The maximum absolute atomic E-state index is 10.0. The molecule has 0 saturated carbocycles. The van der Waals surface area contributed by atoms with Crippen LogP contribution >= 0.6 is 0 Å². The van der Waals surface area contributed by atoms with Crippen molar-refractivity contribution in [3.8, 4) is 0 Å². The van der Waals surface area contributed by atoms with Crippen molar-refractivity contribution >= 4 is 11.9 Å². The Morgan fingerprint density at radius 3 is 1.53 bits per heavy atom. The molecule has 0 aromatic carbocycles. The molecule has 4 heteroatoms. The molecule has 0 aromatic heterocycles. The number of rotatable bonds is 3. The predicted octanol–water partition coefficient (Wildman–Crippen LogP) is 2.46. The second-order valence-corrected chi connectivity index (χ2v) is 2.88. The maximum Gasteiger partial charge on any atom is 0.330 e. The van der Waals surface area contributed by atoms with Gasteiger partial charge in [-0.05, 0) is 27.2 Å². The first-order chi connectivity index (χ1) is 6.86. The smallest absolute Gasteiger partial charge is 0.330 e. The molecule has 0 heterocycles. The van der Waals surface area contributed by atoms with Crippen LogP contribution in [0.5, 0.6) is 0 Å². The zero-order chi connectivity index (χ0) is 12.4. The molecule has 0 aliphatic heterocycles. The lowest BCUT2D eigenvalue weighted by Gasteiger charge is -1.87. The van der Waals surface area contributed by atoms with E-state index in [1.165, 1.54) is 0 Å². The van der Waals surface area contributed by atoms with E-state index in [1.807, 2.05) is 6.92 Å². The molecule has 4 nitrogen and oxygen atoms in total. The lowest BCUT2D eigenvalue weighted by atomic mass is 10.2. The molecule has 0 bridgehead atoms. The molecule has 0 fully saturated rings. The van der Waals surface area contributed by atoms with E-state index in [2.05, 4.69) is 0 Å². The van der Waals surface area contributed by atoms with Crippen LogP contribution in [-0.4, -0.2) is 22.2 Å². The largest absolute Gasteiger partial charge is 0.478 e. The summed E-state index contributed by atoms with van der Waals surface area (Å²) in [7, 11) is 0.